The lowest BCUT2D eigenvalue weighted by Gasteiger charge is -2.14. The quantitative estimate of drug-likeness (QED) is 0.550. The summed E-state index contributed by atoms with van der Waals surface area (Å²) in [7, 11) is 0. The van der Waals surface area contributed by atoms with Gasteiger partial charge in [0.15, 0.2) is 0 Å². The number of anilines is 2. The van der Waals surface area contributed by atoms with Crippen molar-refractivity contribution in [2.75, 3.05) is 5.32 Å². The van der Waals surface area contributed by atoms with Gasteiger partial charge in [0.2, 0.25) is 5.95 Å². The monoisotopic (exact) mass is 372 g/mol. The zero-order valence-electron chi connectivity index (χ0n) is 14.9. The Kier molecular flexibility index (Phi) is 6.42. The Morgan fingerprint density at radius 3 is 2.15 bits per heavy atom. The highest BCUT2D eigenvalue weighted by molar-refractivity contribution is 5.97. The van der Waals surface area contributed by atoms with Crippen LogP contribution in [-0.4, -0.2) is 44.1 Å². The Morgan fingerprint density at radius 2 is 1.63 bits per heavy atom. The van der Waals surface area contributed by atoms with Crippen LogP contribution in [0.2, 0.25) is 0 Å². The molecule has 0 fully saturated rings. The first kappa shape index (κ1) is 19.8. The number of aryl methyl sites for hydroxylation is 2. The fourth-order valence-electron chi connectivity index (χ4n) is 2.38. The number of aromatic nitrogens is 2. The van der Waals surface area contributed by atoms with Gasteiger partial charge in [-0.15, -0.1) is 0 Å². The molecular formula is C18H20N4O5. The number of aliphatic carboxylic acids is 2. The van der Waals surface area contributed by atoms with E-state index in [0.717, 1.165) is 11.4 Å². The summed E-state index contributed by atoms with van der Waals surface area (Å²) in [5.41, 5.74) is 2.56. The lowest BCUT2D eigenvalue weighted by atomic mass is 10.1. The highest BCUT2D eigenvalue weighted by Crippen LogP contribution is 2.15. The normalized spacial score (nSPS) is 11.5. The lowest BCUT2D eigenvalue weighted by molar-refractivity contribution is -0.140. The highest BCUT2D eigenvalue weighted by Gasteiger charge is 2.21. The molecule has 0 unspecified atom stereocenters. The maximum absolute atomic E-state index is 12.2. The van der Waals surface area contributed by atoms with Gasteiger partial charge in [-0.2, -0.15) is 0 Å². The van der Waals surface area contributed by atoms with Crippen molar-refractivity contribution in [1.82, 2.24) is 15.3 Å². The third-order valence-corrected chi connectivity index (χ3v) is 3.64. The van der Waals surface area contributed by atoms with Gasteiger partial charge in [-0.25, -0.2) is 14.8 Å². The molecule has 1 aromatic heterocycles. The van der Waals surface area contributed by atoms with Crippen LogP contribution in [0.4, 0.5) is 11.6 Å². The van der Waals surface area contributed by atoms with Crippen LogP contribution < -0.4 is 10.6 Å². The zero-order chi connectivity index (χ0) is 20.0. The number of rotatable bonds is 8. The van der Waals surface area contributed by atoms with Crippen molar-refractivity contribution in [3.63, 3.8) is 0 Å². The predicted molar refractivity (Wildman–Crippen MR) is 97.0 cm³/mol. The van der Waals surface area contributed by atoms with Gasteiger partial charge in [-0.1, -0.05) is 0 Å². The maximum Gasteiger partial charge on any atom is 0.326 e. The molecule has 1 atom stereocenters. The van der Waals surface area contributed by atoms with Crippen molar-refractivity contribution in [2.24, 2.45) is 0 Å². The number of hydrogen-bond acceptors (Lipinski definition) is 6. The Balaban J connectivity index is 2.03. The van der Waals surface area contributed by atoms with E-state index in [1.165, 1.54) is 12.1 Å². The first-order valence-electron chi connectivity index (χ1n) is 8.19. The number of nitrogens with one attached hydrogen (secondary N) is 2. The number of hydrogen-bond donors (Lipinski definition) is 4. The topological polar surface area (TPSA) is 142 Å². The molecule has 0 saturated carbocycles. The molecule has 142 valence electrons. The van der Waals surface area contributed by atoms with Gasteiger partial charge in [0.05, 0.1) is 0 Å². The van der Waals surface area contributed by atoms with Crippen LogP contribution in [-0.2, 0) is 9.59 Å². The molecule has 0 spiro atoms. The van der Waals surface area contributed by atoms with Crippen LogP contribution in [0.5, 0.6) is 0 Å². The van der Waals surface area contributed by atoms with Crippen molar-refractivity contribution in [2.45, 2.75) is 32.7 Å². The minimum atomic E-state index is -1.28. The van der Waals surface area contributed by atoms with Crippen LogP contribution in [0.15, 0.2) is 30.3 Å². The van der Waals surface area contributed by atoms with E-state index in [-0.39, 0.29) is 18.4 Å². The van der Waals surface area contributed by atoms with Gasteiger partial charge in [0.25, 0.3) is 5.91 Å². The number of benzene rings is 1. The number of carbonyl (C=O) groups excluding carboxylic acids is 1. The van der Waals surface area contributed by atoms with Crippen molar-refractivity contribution >= 4 is 29.5 Å². The third-order valence-electron chi connectivity index (χ3n) is 3.64. The van der Waals surface area contributed by atoms with E-state index in [9.17, 15) is 14.4 Å². The number of nitrogens with zero attached hydrogens (tertiary/aromatic N) is 2. The second-order valence-electron chi connectivity index (χ2n) is 5.97. The van der Waals surface area contributed by atoms with Gasteiger partial charge < -0.3 is 20.8 Å². The highest BCUT2D eigenvalue weighted by atomic mass is 16.4. The van der Waals surface area contributed by atoms with Crippen molar-refractivity contribution in [3.8, 4) is 0 Å². The predicted octanol–water partition coefficient (Wildman–Crippen LogP) is 1.88. The molecule has 4 N–H and O–H groups in total. The first-order valence-corrected chi connectivity index (χ1v) is 8.19. The van der Waals surface area contributed by atoms with E-state index < -0.39 is 23.9 Å². The number of carboxylic acids is 2. The Labute approximate surface area is 155 Å². The van der Waals surface area contributed by atoms with Crippen LogP contribution in [0.25, 0.3) is 0 Å². The molecule has 0 bridgehead atoms. The average Bonchev–Trinajstić information content (AvgIpc) is 2.57. The number of carboxylic acid groups (broad SMARTS) is 2. The van der Waals surface area contributed by atoms with Gasteiger partial charge in [0, 0.05) is 29.1 Å². The van der Waals surface area contributed by atoms with Crippen LogP contribution in [0.1, 0.15) is 34.6 Å². The fourth-order valence-corrected chi connectivity index (χ4v) is 2.38. The van der Waals surface area contributed by atoms with E-state index in [1.807, 2.05) is 19.9 Å². The molecule has 0 aliphatic heterocycles. The van der Waals surface area contributed by atoms with E-state index in [0.29, 0.717) is 11.6 Å². The van der Waals surface area contributed by atoms with Crippen LogP contribution in [0, 0.1) is 13.8 Å². The van der Waals surface area contributed by atoms with E-state index in [1.54, 1.807) is 12.1 Å². The molecule has 27 heavy (non-hydrogen) atoms. The molecule has 0 saturated heterocycles. The van der Waals surface area contributed by atoms with Gasteiger partial charge >= 0.3 is 11.9 Å². The number of carbonyl (C=O) groups is 3. The molecule has 2 rings (SSSR count). The summed E-state index contributed by atoms with van der Waals surface area (Å²) in [5.74, 6) is -2.57. The smallest absolute Gasteiger partial charge is 0.326 e. The van der Waals surface area contributed by atoms with Gasteiger partial charge in [0.1, 0.15) is 6.04 Å². The Hall–Kier alpha value is -3.49. The largest absolute Gasteiger partial charge is 0.481 e. The summed E-state index contributed by atoms with van der Waals surface area (Å²) < 4.78 is 0. The molecular weight excluding hydrogens is 352 g/mol. The zero-order valence-corrected chi connectivity index (χ0v) is 14.9. The second kappa shape index (κ2) is 8.75. The molecule has 0 aliphatic rings. The lowest BCUT2D eigenvalue weighted by Crippen LogP contribution is -2.41. The van der Waals surface area contributed by atoms with Crippen molar-refractivity contribution in [3.05, 3.63) is 47.3 Å². The van der Waals surface area contributed by atoms with Crippen LogP contribution >= 0.6 is 0 Å². The van der Waals surface area contributed by atoms with Gasteiger partial charge in [-0.3, -0.25) is 9.59 Å². The van der Waals surface area contributed by atoms with Crippen LogP contribution in [0.3, 0.4) is 0 Å². The summed E-state index contributed by atoms with van der Waals surface area (Å²) in [6.07, 6.45) is -0.546. The summed E-state index contributed by atoms with van der Waals surface area (Å²) >= 11 is 0. The molecule has 0 aliphatic carbocycles. The van der Waals surface area contributed by atoms with E-state index in [2.05, 4.69) is 20.6 Å². The van der Waals surface area contributed by atoms with Gasteiger partial charge in [-0.05, 0) is 50.6 Å². The Morgan fingerprint density at radius 1 is 1.04 bits per heavy atom. The Bertz CT molecular complexity index is 831. The number of amides is 1. The minimum Gasteiger partial charge on any atom is -0.481 e. The summed E-state index contributed by atoms with van der Waals surface area (Å²) in [6, 6.07) is 6.91. The molecule has 0 radical (unpaired) electrons. The molecule has 2 aromatic rings. The molecule has 1 amide bonds. The SMILES string of the molecule is Cc1cc(C)nc(Nc2ccc(C(=O)N[C@@H](CCC(=O)O)C(=O)O)cc2)n1. The standard InChI is InChI=1S/C18H20N4O5/c1-10-9-11(2)20-18(19-10)21-13-5-3-12(4-6-13)16(25)22-14(17(26)27)7-8-15(23)24/h3-6,9,14H,7-8H2,1-2H3,(H,22,25)(H,23,24)(H,26,27)(H,19,20,21)/t14-/m0/s1. The average molecular weight is 372 g/mol. The fraction of sp³-hybridized carbons (Fsp3) is 0.278. The molecule has 9 heteroatoms. The van der Waals surface area contributed by atoms with Crippen molar-refractivity contribution in [1.29, 1.82) is 0 Å². The third kappa shape index (κ3) is 6.07. The minimum absolute atomic E-state index is 0.194. The van der Waals surface area contributed by atoms with E-state index in [4.69, 9.17) is 10.2 Å². The molecule has 1 heterocycles. The summed E-state index contributed by atoms with van der Waals surface area (Å²) in [5, 5.41) is 23.1. The van der Waals surface area contributed by atoms with E-state index >= 15 is 0 Å². The summed E-state index contributed by atoms with van der Waals surface area (Å²) in [6.45, 7) is 3.72. The summed E-state index contributed by atoms with van der Waals surface area (Å²) in [4.78, 5) is 42.5. The van der Waals surface area contributed by atoms with Crippen molar-refractivity contribution < 1.29 is 24.6 Å². The molecule has 1 aromatic carbocycles. The maximum atomic E-state index is 12.2. The molecule has 9 nitrogen and oxygen atoms in total. The first-order chi connectivity index (χ1) is 12.7. The second-order valence-corrected chi connectivity index (χ2v) is 5.97.